The van der Waals surface area contributed by atoms with Gasteiger partial charge in [0, 0.05) is 11.6 Å². The highest BCUT2D eigenvalue weighted by molar-refractivity contribution is 5.67. The van der Waals surface area contributed by atoms with E-state index in [0.717, 1.165) is 16.9 Å². The van der Waals surface area contributed by atoms with Gasteiger partial charge in [-0.05, 0) is 23.8 Å². The molecule has 0 amide bonds. The van der Waals surface area contributed by atoms with Crippen molar-refractivity contribution in [2.24, 2.45) is 0 Å². The lowest BCUT2D eigenvalue weighted by molar-refractivity contribution is 0.411. The molecule has 0 saturated heterocycles. The van der Waals surface area contributed by atoms with E-state index in [1.54, 1.807) is 13.2 Å². The highest BCUT2D eigenvalue weighted by Gasteiger charge is 2.05. The number of methoxy groups -OCH3 is 1. The van der Waals surface area contributed by atoms with E-state index in [-0.39, 0.29) is 0 Å². The number of benzene rings is 2. The smallest absolute Gasteiger partial charge is 0.250 e. The fourth-order valence-electron chi connectivity index (χ4n) is 1.89. The Bertz CT molecular complexity index is 731. The van der Waals surface area contributed by atoms with E-state index in [1.807, 2.05) is 60.7 Å². The van der Waals surface area contributed by atoms with Crippen molar-refractivity contribution in [3.05, 3.63) is 66.1 Å². The van der Waals surface area contributed by atoms with Crippen molar-refractivity contribution in [3.63, 3.8) is 0 Å². The maximum atomic E-state index is 5.21. The fraction of sp³-hybridized carbons (Fsp3) is 0.0588. The van der Waals surface area contributed by atoms with Gasteiger partial charge in [0.05, 0.1) is 7.11 Å². The molecule has 0 radical (unpaired) electrons. The lowest BCUT2D eigenvalue weighted by atomic mass is 10.2. The van der Waals surface area contributed by atoms with Crippen LogP contribution in [0.4, 0.5) is 0 Å². The molecule has 4 nitrogen and oxygen atoms in total. The van der Waals surface area contributed by atoms with Crippen molar-refractivity contribution >= 4 is 12.2 Å². The zero-order chi connectivity index (χ0) is 14.5. The van der Waals surface area contributed by atoms with Crippen LogP contribution in [0.3, 0.4) is 0 Å². The highest BCUT2D eigenvalue weighted by Crippen LogP contribution is 2.17. The van der Waals surface area contributed by atoms with Crippen LogP contribution in [-0.2, 0) is 0 Å². The molecule has 0 aliphatic heterocycles. The molecule has 0 N–H and O–H groups in total. The minimum Gasteiger partial charge on any atom is -0.497 e. The summed E-state index contributed by atoms with van der Waals surface area (Å²) in [5.74, 6) is 1.89. The number of hydrogen-bond donors (Lipinski definition) is 0. The predicted molar refractivity (Wildman–Crippen MR) is 81.7 cm³/mol. The Morgan fingerprint density at radius 2 is 1.71 bits per heavy atom. The molecular formula is C17H14N2O2. The Labute approximate surface area is 122 Å². The Kier molecular flexibility index (Phi) is 3.78. The average molecular weight is 278 g/mol. The Hall–Kier alpha value is -2.88. The second kappa shape index (κ2) is 6.05. The van der Waals surface area contributed by atoms with Crippen molar-refractivity contribution in [1.29, 1.82) is 0 Å². The third-order valence-corrected chi connectivity index (χ3v) is 3.01. The normalized spacial score (nSPS) is 10.9. The summed E-state index contributed by atoms with van der Waals surface area (Å²) in [5.41, 5.74) is 1.97. The van der Waals surface area contributed by atoms with Crippen molar-refractivity contribution in [2.75, 3.05) is 7.11 Å². The molecule has 3 rings (SSSR count). The summed E-state index contributed by atoms with van der Waals surface area (Å²) in [4.78, 5) is 4.34. The molecule has 1 heterocycles. The molecule has 1 aromatic heterocycles. The SMILES string of the molecule is COc1ccc(C=Cc2nc(-c3ccccc3)no2)cc1. The standard InChI is InChI=1S/C17H14N2O2/c1-20-15-10-7-13(8-11-15)9-12-16-18-17(19-21-16)14-5-3-2-4-6-14/h2-12H,1H3. The van der Waals surface area contributed by atoms with Gasteiger partial charge in [0.2, 0.25) is 5.82 Å². The van der Waals surface area contributed by atoms with Gasteiger partial charge < -0.3 is 9.26 Å². The van der Waals surface area contributed by atoms with Crippen LogP contribution in [-0.4, -0.2) is 17.3 Å². The molecule has 21 heavy (non-hydrogen) atoms. The molecule has 0 aliphatic rings. The number of rotatable bonds is 4. The van der Waals surface area contributed by atoms with Crippen molar-refractivity contribution in [1.82, 2.24) is 10.1 Å². The lowest BCUT2D eigenvalue weighted by Gasteiger charge is -1.98. The number of hydrogen-bond acceptors (Lipinski definition) is 4. The first-order chi connectivity index (χ1) is 10.3. The second-order valence-electron chi connectivity index (χ2n) is 4.43. The number of ether oxygens (including phenoxy) is 1. The summed E-state index contributed by atoms with van der Waals surface area (Å²) in [6, 6.07) is 17.5. The van der Waals surface area contributed by atoms with Crippen LogP contribution in [0.25, 0.3) is 23.5 Å². The maximum Gasteiger partial charge on any atom is 0.250 e. The van der Waals surface area contributed by atoms with Crippen LogP contribution in [0.2, 0.25) is 0 Å². The summed E-state index contributed by atoms with van der Waals surface area (Å²) in [7, 11) is 1.65. The maximum absolute atomic E-state index is 5.21. The van der Waals surface area contributed by atoms with Gasteiger partial charge in [-0.1, -0.05) is 47.6 Å². The summed E-state index contributed by atoms with van der Waals surface area (Å²) in [6.45, 7) is 0. The van der Waals surface area contributed by atoms with Crippen LogP contribution in [0.15, 0.2) is 59.1 Å². The fourth-order valence-corrected chi connectivity index (χ4v) is 1.89. The molecule has 0 spiro atoms. The first-order valence-electron chi connectivity index (χ1n) is 6.56. The molecule has 0 unspecified atom stereocenters. The monoisotopic (exact) mass is 278 g/mol. The summed E-state index contributed by atoms with van der Waals surface area (Å²) < 4.78 is 10.3. The molecule has 0 bridgehead atoms. The first-order valence-corrected chi connectivity index (χ1v) is 6.56. The first kappa shape index (κ1) is 13.1. The summed E-state index contributed by atoms with van der Waals surface area (Å²) in [6.07, 6.45) is 3.71. The molecule has 104 valence electrons. The van der Waals surface area contributed by atoms with Crippen LogP contribution < -0.4 is 4.74 Å². The largest absolute Gasteiger partial charge is 0.497 e. The van der Waals surface area contributed by atoms with E-state index in [2.05, 4.69) is 10.1 Å². The molecular weight excluding hydrogens is 264 g/mol. The van der Waals surface area contributed by atoms with Gasteiger partial charge in [-0.25, -0.2) is 0 Å². The van der Waals surface area contributed by atoms with Gasteiger partial charge in [-0.3, -0.25) is 0 Å². The minimum absolute atomic E-state index is 0.477. The van der Waals surface area contributed by atoms with Crippen molar-refractivity contribution in [3.8, 4) is 17.1 Å². The predicted octanol–water partition coefficient (Wildman–Crippen LogP) is 3.92. The molecule has 0 saturated carbocycles. The van der Waals surface area contributed by atoms with Gasteiger partial charge in [0.15, 0.2) is 0 Å². The van der Waals surface area contributed by atoms with Crippen LogP contribution in [0.1, 0.15) is 11.5 Å². The van der Waals surface area contributed by atoms with Gasteiger partial charge >= 0.3 is 0 Å². The zero-order valence-electron chi connectivity index (χ0n) is 11.6. The average Bonchev–Trinajstić information content (AvgIpc) is 3.03. The summed E-state index contributed by atoms with van der Waals surface area (Å²) >= 11 is 0. The Morgan fingerprint density at radius 3 is 2.43 bits per heavy atom. The van der Waals surface area contributed by atoms with E-state index in [0.29, 0.717) is 11.7 Å². The third kappa shape index (κ3) is 3.17. The van der Waals surface area contributed by atoms with E-state index in [4.69, 9.17) is 9.26 Å². The molecule has 3 aromatic rings. The molecule has 0 atom stereocenters. The molecule has 0 aliphatic carbocycles. The second-order valence-corrected chi connectivity index (χ2v) is 4.43. The van der Waals surface area contributed by atoms with E-state index >= 15 is 0 Å². The summed E-state index contributed by atoms with van der Waals surface area (Å²) in [5, 5.41) is 3.97. The molecule has 0 fully saturated rings. The van der Waals surface area contributed by atoms with Crippen molar-refractivity contribution < 1.29 is 9.26 Å². The number of nitrogens with zero attached hydrogens (tertiary/aromatic N) is 2. The zero-order valence-corrected chi connectivity index (χ0v) is 11.6. The van der Waals surface area contributed by atoms with Gasteiger partial charge in [0.1, 0.15) is 5.75 Å². The molecule has 2 aromatic carbocycles. The van der Waals surface area contributed by atoms with Gasteiger partial charge in [-0.15, -0.1) is 0 Å². The van der Waals surface area contributed by atoms with Crippen LogP contribution >= 0.6 is 0 Å². The lowest BCUT2D eigenvalue weighted by Crippen LogP contribution is -1.81. The minimum atomic E-state index is 0.477. The quantitative estimate of drug-likeness (QED) is 0.725. The Morgan fingerprint density at radius 1 is 0.952 bits per heavy atom. The topological polar surface area (TPSA) is 48.2 Å². The van der Waals surface area contributed by atoms with Crippen molar-refractivity contribution in [2.45, 2.75) is 0 Å². The van der Waals surface area contributed by atoms with E-state index in [9.17, 15) is 0 Å². The van der Waals surface area contributed by atoms with Gasteiger partial charge in [0.25, 0.3) is 5.89 Å². The highest BCUT2D eigenvalue weighted by atomic mass is 16.5. The van der Waals surface area contributed by atoms with E-state index < -0.39 is 0 Å². The van der Waals surface area contributed by atoms with Crippen LogP contribution in [0.5, 0.6) is 5.75 Å². The Balaban J connectivity index is 1.76. The molecule has 4 heteroatoms. The third-order valence-electron chi connectivity index (χ3n) is 3.01. The van der Waals surface area contributed by atoms with E-state index in [1.165, 1.54) is 0 Å². The number of aromatic nitrogens is 2. The van der Waals surface area contributed by atoms with Gasteiger partial charge in [-0.2, -0.15) is 4.98 Å². The van der Waals surface area contributed by atoms with Crippen LogP contribution in [0, 0.1) is 0 Å².